The second kappa shape index (κ2) is 11.3. The van der Waals surface area contributed by atoms with Gasteiger partial charge in [-0.25, -0.2) is 9.59 Å². The van der Waals surface area contributed by atoms with Crippen LogP contribution in [0.25, 0.3) is 0 Å². The Labute approximate surface area is 213 Å². The highest BCUT2D eigenvalue weighted by Gasteiger charge is 2.29. The molecule has 0 fully saturated rings. The van der Waals surface area contributed by atoms with Crippen molar-refractivity contribution in [1.29, 1.82) is 0 Å². The lowest BCUT2D eigenvalue weighted by molar-refractivity contribution is -0.119. The molecule has 1 heterocycles. The zero-order chi connectivity index (χ0) is 25.7. The highest BCUT2D eigenvalue weighted by molar-refractivity contribution is 7.17. The van der Waals surface area contributed by atoms with Crippen LogP contribution in [0, 0.1) is 5.92 Å². The van der Waals surface area contributed by atoms with E-state index in [-0.39, 0.29) is 23.5 Å². The summed E-state index contributed by atoms with van der Waals surface area (Å²) in [5.74, 6) is -1.65. The van der Waals surface area contributed by atoms with E-state index in [4.69, 9.17) is 9.47 Å². The molecule has 186 valence electrons. The van der Waals surface area contributed by atoms with Gasteiger partial charge >= 0.3 is 11.9 Å². The maximum Gasteiger partial charge on any atom is 0.341 e. The van der Waals surface area contributed by atoms with Crippen LogP contribution in [0.5, 0.6) is 0 Å². The molecule has 1 atom stereocenters. The van der Waals surface area contributed by atoms with E-state index in [1.165, 1.54) is 17.4 Å². The van der Waals surface area contributed by atoms with Crippen molar-refractivity contribution in [2.75, 3.05) is 18.5 Å². The fourth-order valence-electron chi connectivity index (χ4n) is 4.23. The van der Waals surface area contributed by atoms with Crippen LogP contribution >= 0.6 is 11.3 Å². The second-order valence-corrected chi connectivity index (χ2v) is 9.75. The highest BCUT2D eigenvalue weighted by Crippen LogP contribution is 2.40. The van der Waals surface area contributed by atoms with Crippen molar-refractivity contribution in [3.8, 4) is 0 Å². The molecule has 4 rings (SSSR count). The predicted octanol–water partition coefficient (Wildman–Crippen LogP) is 5.08. The summed E-state index contributed by atoms with van der Waals surface area (Å²) in [4.78, 5) is 52.1. The van der Waals surface area contributed by atoms with E-state index in [9.17, 15) is 19.2 Å². The average molecular weight is 506 g/mol. The van der Waals surface area contributed by atoms with E-state index in [0.717, 1.165) is 29.7 Å². The maximum atomic E-state index is 12.9. The topological polar surface area (TPSA) is 98.8 Å². The Bertz CT molecular complexity index is 1300. The molecule has 1 unspecified atom stereocenters. The van der Waals surface area contributed by atoms with Gasteiger partial charge in [-0.1, -0.05) is 55.5 Å². The lowest BCUT2D eigenvalue weighted by Crippen LogP contribution is -2.23. The first-order valence-electron chi connectivity index (χ1n) is 11.9. The number of benzene rings is 2. The fraction of sp³-hybridized carbons (Fsp3) is 0.286. The average Bonchev–Trinajstić information content (AvgIpc) is 3.24. The first-order valence-corrected chi connectivity index (χ1v) is 12.7. The predicted molar refractivity (Wildman–Crippen MR) is 137 cm³/mol. The molecule has 3 aromatic rings. The second-order valence-electron chi connectivity index (χ2n) is 8.64. The molecule has 1 aliphatic carbocycles. The van der Waals surface area contributed by atoms with E-state index in [2.05, 4.69) is 12.2 Å². The zero-order valence-corrected chi connectivity index (χ0v) is 21.0. The van der Waals surface area contributed by atoms with Crippen molar-refractivity contribution in [3.63, 3.8) is 0 Å². The molecular formula is C28H27NO6S. The van der Waals surface area contributed by atoms with Gasteiger partial charge in [-0.15, -0.1) is 11.3 Å². The Balaban J connectivity index is 1.47. The van der Waals surface area contributed by atoms with Crippen LogP contribution in [-0.4, -0.2) is 36.8 Å². The standard InChI is InChI=1S/C28H27NO6S/c1-3-34-28(33)24-21-14-13-17(2)15-22(21)36-26(24)29-23(30)16-35-27(32)20-12-8-7-11-19(20)25(31)18-9-5-4-6-10-18/h4-12,17H,3,13-16H2,1-2H3,(H,29,30). The summed E-state index contributed by atoms with van der Waals surface area (Å²) in [7, 11) is 0. The molecule has 8 heteroatoms. The van der Waals surface area contributed by atoms with E-state index in [1.807, 2.05) is 0 Å². The van der Waals surface area contributed by atoms with Gasteiger partial charge in [0, 0.05) is 16.0 Å². The van der Waals surface area contributed by atoms with Gasteiger partial charge in [-0.05, 0) is 43.7 Å². The minimum absolute atomic E-state index is 0.0759. The number of hydrogen-bond donors (Lipinski definition) is 1. The normalized spacial score (nSPS) is 14.4. The van der Waals surface area contributed by atoms with Crippen LogP contribution in [0.15, 0.2) is 54.6 Å². The molecule has 36 heavy (non-hydrogen) atoms. The van der Waals surface area contributed by atoms with Crippen molar-refractivity contribution in [1.82, 2.24) is 0 Å². The number of anilines is 1. The Morgan fingerprint density at radius 3 is 2.36 bits per heavy atom. The van der Waals surface area contributed by atoms with Crippen LogP contribution in [-0.2, 0) is 27.1 Å². The van der Waals surface area contributed by atoms with E-state index < -0.39 is 24.5 Å². The van der Waals surface area contributed by atoms with Crippen molar-refractivity contribution in [3.05, 3.63) is 87.3 Å². The Morgan fingerprint density at radius 2 is 1.64 bits per heavy atom. The zero-order valence-electron chi connectivity index (χ0n) is 20.2. The third kappa shape index (κ3) is 5.54. The fourth-order valence-corrected chi connectivity index (χ4v) is 5.65. The van der Waals surface area contributed by atoms with Crippen molar-refractivity contribution in [2.45, 2.75) is 33.1 Å². The maximum absolute atomic E-state index is 12.9. The first-order chi connectivity index (χ1) is 17.4. The first kappa shape index (κ1) is 25.3. The molecule has 7 nitrogen and oxygen atoms in total. The summed E-state index contributed by atoms with van der Waals surface area (Å²) in [6.45, 7) is 3.56. The molecule has 0 bridgehead atoms. The summed E-state index contributed by atoms with van der Waals surface area (Å²) >= 11 is 1.36. The molecule has 1 aliphatic rings. The van der Waals surface area contributed by atoms with E-state index in [0.29, 0.717) is 22.0 Å². The van der Waals surface area contributed by atoms with Gasteiger partial charge in [0.1, 0.15) is 5.00 Å². The van der Waals surface area contributed by atoms with Gasteiger partial charge in [0.05, 0.1) is 17.7 Å². The van der Waals surface area contributed by atoms with Crippen molar-refractivity contribution < 1.29 is 28.7 Å². The number of rotatable bonds is 8. The number of fused-ring (bicyclic) bond motifs is 1. The number of hydrogen-bond acceptors (Lipinski definition) is 7. The summed E-state index contributed by atoms with van der Waals surface area (Å²) in [6.07, 6.45) is 2.55. The van der Waals surface area contributed by atoms with Gasteiger partial charge in [-0.2, -0.15) is 0 Å². The summed E-state index contributed by atoms with van der Waals surface area (Å²) in [6, 6.07) is 14.9. The van der Waals surface area contributed by atoms with Gasteiger partial charge in [0.2, 0.25) is 0 Å². The molecule has 0 spiro atoms. The molecule has 0 saturated heterocycles. The Morgan fingerprint density at radius 1 is 0.944 bits per heavy atom. The largest absolute Gasteiger partial charge is 0.462 e. The van der Waals surface area contributed by atoms with E-state index >= 15 is 0 Å². The molecule has 1 aromatic heterocycles. The van der Waals surface area contributed by atoms with Gasteiger partial charge in [-0.3, -0.25) is 9.59 Å². The molecular weight excluding hydrogens is 478 g/mol. The number of thiophene rings is 1. The van der Waals surface area contributed by atoms with Gasteiger partial charge in [0.25, 0.3) is 5.91 Å². The van der Waals surface area contributed by atoms with Crippen LogP contribution in [0.2, 0.25) is 0 Å². The third-order valence-corrected chi connectivity index (χ3v) is 7.18. The molecule has 2 aromatic carbocycles. The smallest absolute Gasteiger partial charge is 0.341 e. The Hall–Kier alpha value is -3.78. The van der Waals surface area contributed by atoms with Crippen molar-refractivity contribution >= 4 is 40.0 Å². The summed E-state index contributed by atoms with van der Waals surface area (Å²) in [5.41, 5.74) is 2.03. The number of ketones is 1. The summed E-state index contributed by atoms with van der Waals surface area (Å²) in [5, 5.41) is 3.14. The van der Waals surface area contributed by atoms with Crippen molar-refractivity contribution in [2.24, 2.45) is 5.92 Å². The highest BCUT2D eigenvalue weighted by atomic mass is 32.1. The molecule has 1 N–H and O–H groups in total. The van der Waals surface area contributed by atoms with E-state index in [1.54, 1.807) is 55.5 Å². The van der Waals surface area contributed by atoms with Gasteiger partial charge < -0.3 is 14.8 Å². The number of carbonyl (C=O) groups excluding carboxylic acids is 4. The number of carbonyl (C=O) groups is 4. The minimum Gasteiger partial charge on any atom is -0.462 e. The van der Waals surface area contributed by atoms with Crippen LogP contribution in [0.3, 0.4) is 0 Å². The summed E-state index contributed by atoms with van der Waals surface area (Å²) < 4.78 is 10.5. The molecule has 1 amide bonds. The quantitative estimate of drug-likeness (QED) is 0.339. The number of amides is 1. The monoisotopic (exact) mass is 505 g/mol. The Kier molecular flexibility index (Phi) is 7.95. The number of nitrogens with one attached hydrogen (secondary N) is 1. The molecule has 0 aliphatic heterocycles. The number of ether oxygens (including phenoxy) is 2. The van der Waals surface area contributed by atoms with Gasteiger partial charge in [0.15, 0.2) is 12.4 Å². The minimum atomic E-state index is -0.782. The number of esters is 2. The SMILES string of the molecule is CCOC(=O)c1c(NC(=O)COC(=O)c2ccccc2C(=O)c2ccccc2)sc2c1CCC(C)C2. The van der Waals surface area contributed by atoms with Crippen LogP contribution in [0.1, 0.15) is 67.3 Å². The molecule has 0 radical (unpaired) electrons. The molecule has 0 saturated carbocycles. The third-order valence-electron chi connectivity index (χ3n) is 6.01. The lowest BCUT2D eigenvalue weighted by Gasteiger charge is -2.18. The van der Waals surface area contributed by atoms with Crippen LogP contribution in [0.4, 0.5) is 5.00 Å². The lowest BCUT2D eigenvalue weighted by atomic mass is 9.88. The van der Waals surface area contributed by atoms with Crippen LogP contribution < -0.4 is 5.32 Å².